The van der Waals surface area contributed by atoms with Crippen molar-refractivity contribution in [3.05, 3.63) is 52.2 Å². The zero-order valence-electron chi connectivity index (χ0n) is 17.5. The highest BCUT2D eigenvalue weighted by Crippen LogP contribution is 2.38. The van der Waals surface area contributed by atoms with Crippen molar-refractivity contribution >= 4 is 40.6 Å². The molecule has 0 aliphatic carbocycles. The second kappa shape index (κ2) is 9.86. The van der Waals surface area contributed by atoms with Crippen molar-refractivity contribution in [3.63, 3.8) is 0 Å². The van der Waals surface area contributed by atoms with Crippen molar-refractivity contribution in [2.75, 3.05) is 33.2 Å². The molecule has 1 saturated heterocycles. The summed E-state index contributed by atoms with van der Waals surface area (Å²) in [4.78, 5) is 37.9. The Morgan fingerprint density at radius 3 is 2.27 bits per heavy atom. The highest BCUT2D eigenvalue weighted by molar-refractivity contribution is 8.18. The minimum Gasteiger partial charge on any atom is -0.496 e. The molecule has 1 heterocycles. The quantitative estimate of drug-likeness (QED) is 0.474. The summed E-state index contributed by atoms with van der Waals surface area (Å²) in [6, 6.07) is 4.54. The minimum atomic E-state index is -1.76. The van der Waals surface area contributed by atoms with Crippen LogP contribution < -0.4 is 19.5 Å². The van der Waals surface area contributed by atoms with E-state index in [-0.39, 0.29) is 4.91 Å². The number of ether oxygens (including phenoxy) is 3. The number of rotatable bonds is 7. The number of nitrogens with zero attached hydrogens (tertiary/aromatic N) is 1. The largest absolute Gasteiger partial charge is 0.496 e. The predicted molar refractivity (Wildman–Crippen MR) is 114 cm³/mol. The van der Waals surface area contributed by atoms with E-state index in [1.165, 1.54) is 27.4 Å². The maximum Gasteiger partial charge on any atom is 0.294 e. The Balaban J connectivity index is 1.80. The van der Waals surface area contributed by atoms with Gasteiger partial charge < -0.3 is 19.5 Å². The summed E-state index contributed by atoms with van der Waals surface area (Å²) in [7, 11) is 4.28. The zero-order valence-corrected chi connectivity index (χ0v) is 18.3. The third-order valence-electron chi connectivity index (χ3n) is 4.51. The molecule has 33 heavy (non-hydrogen) atoms. The minimum absolute atomic E-state index is 0.00247. The Bertz CT molecular complexity index is 1170. The number of nitrogens with one attached hydrogen (secondary N) is 1. The molecule has 0 unspecified atom stereocenters. The molecule has 1 N–H and O–H groups in total. The Hall–Kier alpha value is -3.67. The van der Waals surface area contributed by atoms with Gasteiger partial charge in [0.05, 0.1) is 31.9 Å². The number of amides is 3. The number of hydrogen-bond donors (Lipinski definition) is 1. The van der Waals surface area contributed by atoms with E-state index >= 15 is 0 Å². The average Bonchev–Trinajstić information content (AvgIpc) is 3.06. The van der Waals surface area contributed by atoms with Crippen LogP contribution >= 0.6 is 11.8 Å². The second-order valence-electron chi connectivity index (χ2n) is 6.49. The van der Waals surface area contributed by atoms with Gasteiger partial charge in [-0.3, -0.25) is 19.3 Å². The summed E-state index contributed by atoms with van der Waals surface area (Å²) in [6.45, 7) is -0.760. The first-order valence-electron chi connectivity index (χ1n) is 9.18. The molecule has 0 saturated carbocycles. The van der Waals surface area contributed by atoms with E-state index in [1.54, 1.807) is 12.1 Å². The SMILES string of the molecule is COc1cc(OC)c(OC)cc1/C=C1/SC(=O)N(CC(=O)Nc2ccc(F)c(F)c2F)C1=O. The molecule has 0 bridgehead atoms. The van der Waals surface area contributed by atoms with Crippen molar-refractivity contribution in [2.45, 2.75) is 0 Å². The number of benzene rings is 2. The van der Waals surface area contributed by atoms with Crippen LogP contribution in [0, 0.1) is 17.5 Å². The summed E-state index contributed by atoms with van der Waals surface area (Å²) >= 11 is 0.582. The van der Waals surface area contributed by atoms with Gasteiger partial charge >= 0.3 is 0 Å². The number of anilines is 1. The van der Waals surface area contributed by atoms with Gasteiger partial charge in [-0.2, -0.15) is 0 Å². The van der Waals surface area contributed by atoms with Crippen LogP contribution in [-0.2, 0) is 9.59 Å². The number of carbonyl (C=O) groups is 3. The molecule has 3 amide bonds. The van der Waals surface area contributed by atoms with E-state index in [9.17, 15) is 27.6 Å². The van der Waals surface area contributed by atoms with E-state index in [1.807, 2.05) is 5.32 Å². The summed E-state index contributed by atoms with van der Waals surface area (Å²) in [6.07, 6.45) is 1.39. The van der Waals surface area contributed by atoms with Crippen LogP contribution in [-0.4, -0.2) is 49.8 Å². The fourth-order valence-electron chi connectivity index (χ4n) is 2.90. The first kappa shape index (κ1) is 24.0. The maximum absolute atomic E-state index is 13.8. The van der Waals surface area contributed by atoms with Gasteiger partial charge in [-0.25, -0.2) is 13.2 Å². The topological polar surface area (TPSA) is 94.2 Å². The third kappa shape index (κ3) is 4.90. The summed E-state index contributed by atoms with van der Waals surface area (Å²) < 4.78 is 55.9. The fraction of sp³-hybridized carbons (Fsp3) is 0.190. The van der Waals surface area contributed by atoms with Gasteiger partial charge in [-0.05, 0) is 36.0 Å². The van der Waals surface area contributed by atoms with Crippen molar-refractivity contribution < 1.29 is 41.8 Å². The van der Waals surface area contributed by atoms with Crippen LogP contribution in [0.15, 0.2) is 29.2 Å². The Kier molecular flexibility index (Phi) is 7.16. The molecule has 2 aromatic carbocycles. The summed E-state index contributed by atoms with van der Waals surface area (Å²) in [5.41, 5.74) is -0.217. The van der Waals surface area contributed by atoms with Crippen LogP contribution in [0.4, 0.5) is 23.7 Å². The molecule has 0 aromatic heterocycles. The first-order valence-corrected chi connectivity index (χ1v) is 10.0. The van der Waals surface area contributed by atoms with E-state index < -0.39 is 46.7 Å². The van der Waals surface area contributed by atoms with Crippen LogP contribution in [0.2, 0.25) is 0 Å². The average molecular weight is 482 g/mol. The fourth-order valence-corrected chi connectivity index (χ4v) is 3.73. The number of methoxy groups -OCH3 is 3. The highest BCUT2D eigenvalue weighted by atomic mass is 32.2. The number of imide groups is 1. The lowest BCUT2D eigenvalue weighted by Crippen LogP contribution is -2.36. The Labute approximate surface area is 190 Å². The van der Waals surface area contributed by atoms with Gasteiger partial charge in [-0.1, -0.05) is 0 Å². The third-order valence-corrected chi connectivity index (χ3v) is 5.41. The highest BCUT2D eigenvalue weighted by Gasteiger charge is 2.36. The maximum atomic E-state index is 13.8. The molecule has 1 aliphatic heterocycles. The summed E-state index contributed by atoms with van der Waals surface area (Å²) in [5.74, 6) is -5.45. The lowest BCUT2D eigenvalue weighted by molar-refractivity contribution is -0.127. The Morgan fingerprint density at radius 1 is 1.00 bits per heavy atom. The van der Waals surface area contributed by atoms with Crippen molar-refractivity contribution in [1.82, 2.24) is 4.90 Å². The van der Waals surface area contributed by atoms with E-state index in [2.05, 4.69) is 0 Å². The molecule has 174 valence electrons. The van der Waals surface area contributed by atoms with Crippen molar-refractivity contribution in [2.24, 2.45) is 0 Å². The molecule has 2 aromatic rings. The number of thioether (sulfide) groups is 1. The van der Waals surface area contributed by atoms with Crippen LogP contribution in [0.3, 0.4) is 0 Å². The lowest BCUT2D eigenvalue weighted by Gasteiger charge is -2.13. The molecular formula is C21H17F3N2O6S. The van der Waals surface area contributed by atoms with E-state index in [4.69, 9.17) is 14.2 Å². The van der Waals surface area contributed by atoms with Crippen LogP contribution in [0.1, 0.15) is 5.56 Å². The molecule has 3 rings (SSSR count). The smallest absolute Gasteiger partial charge is 0.294 e. The van der Waals surface area contributed by atoms with Crippen LogP contribution in [0.5, 0.6) is 17.2 Å². The second-order valence-corrected chi connectivity index (χ2v) is 7.48. The van der Waals surface area contributed by atoms with Gasteiger partial charge in [0, 0.05) is 11.6 Å². The van der Waals surface area contributed by atoms with Crippen LogP contribution in [0.25, 0.3) is 6.08 Å². The summed E-state index contributed by atoms with van der Waals surface area (Å²) in [5, 5.41) is 1.27. The standard InChI is InChI=1S/C21H17F3N2O6S/c1-30-13-8-15(32-3)14(31-2)6-10(13)7-16-20(28)26(21(29)33-16)9-17(27)25-12-5-4-11(22)18(23)19(12)24/h4-8H,9H2,1-3H3,(H,25,27)/b16-7+. The predicted octanol–water partition coefficient (Wildman–Crippen LogP) is 3.80. The van der Waals surface area contributed by atoms with Gasteiger partial charge in [0.1, 0.15) is 12.3 Å². The number of halogens is 3. The molecule has 8 nitrogen and oxygen atoms in total. The molecule has 12 heteroatoms. The monoisotopic (exact) mass is 482 g/mol. The van der Waals surface area contributed by atoms with Gasteiger partial charge in [0.25, 0.3) is 11.1 Å². The van der Waals surface area contributed by atoms with Gasteiger partial charge in [0.2, 0.25) is 5.91 Å². The van der Waals surface area contributed by atoms with Crippen molar-refractivity contribution in [1.29, 1.82) is 0 Å². The van der Waals surface area contributed by atoms with Gasteiger partial charge in [0.15, 0.2) is 29.0 Å². The molecule has 1 fully saturated rings. The lowest BCUT2D eigenvalue weighted by atomic mass is 10.1. The normalized spacial score (nSPS) is 14.6. The van der Waals surface area contributed by atoms with E-state index in [0.29, 0.717) is 45.5 Å². The molecular weight excluding hydrogens is 465 g/mol. The molecule has 1 aliphatic rings. The van der Waals surface area contributed by atoms with Crippen molar-refractivity contribution in [3.8, 4) is 17.2 Å². The molecule has 0 spiro atoms. The first-order chi connectivity index (χ1) is 15.7. The Morgan fingerprint density at radius 2 is 1.64 bits per heavy atom. The number of hydrogen-bond acceptors (Lipinski definition) is 7. The van der Waals surface area contributed by atoms with E-state index in [0.717, 1.165) is 6.07 Å². The van der Waals surface area contributed by atoms with Gasteiger partial charge in [-0.15, -0.1) is 0 Å². The molecule has 0 atom stereocenters. The number of carbonyl (C=O) groups excluding carboxylic acids is 3. The molecule has 0 radical (unpaired) electrons. The zero-order chi connectivity index (χ0) is 24.3.